The molecule has 4 aliphatic carbocycles. The monoisotopic (exact) mass is 448 g/mol. The Morgan fingerprint density at radius 1 is 1.30 bits per heavy atom. The standard InChI is InChI=1S/C20H22BrClN4O/c1-12-2-3-16(15(21)4-12)24-17(27)19-6-13-5-14(7-19)9-20(8-13,10-19)26-11-23-18(22)25-26/h2-4,11,13-14H,5-10H2,1H3,(H,24,27). The molecule has 0 radical (unpaired) electrons. The van der Waals surface area contributed by atoms with Gasteiger partial charge in [-0.05, 0) is 103 Å². The van der Waals surface area contributed by atoms with Crippen LogP contribution in [0.4, 0.5) is 5.69 Å². The van der Waals surface area contributed by atoms with Gasteiger partial charge in [-0.2, -0.15) is 0 Å². The van der Waals surface area contributed by atoms with Gasteiger partial charge < -0.3 is 5.32 Å². The average Bonchev–Trinajstić information content (AvgIpc) is 3.03. The number of carbonyl (C=O) groups is 1. The highest BCUT2D eigenvalue weighted by Crippen LogP contribution is 2.64. The van der Waals surface area contributed by atoms with E-state index in [-0.39, 0.29) is 22.1 Å². The lowest BCUT2D eigenvalue weighted by atomic mass is 9.46. The van der Waals surface area contributed by atoms with Gasteiger partial charge >= 0.3 is 0 Å². The Bertz CT molecular complexity index is 912. The molecule has 1 heterocycles. The predicted octanol–water partition coefficient (Wildman–Crippen LogP) is 4.94. The summed E-state index contributed by atoms with van der Waals surface area (Å²) >= 11 is 9.59. The van der Waals surface area contributed by atoms with Crippen LogP contribution in [0, 0.1) is 24.2 Å². The summed E-state index contributed by atoms with van der Waals surface area (Å²) in [5.41, 5.74) is 1.56. The molecule has 4 aliphatic rings. The average molecular weight is 450 g/mol. The van der Waals surface area contributed by atoms with E-state index >= 15 is 0 Å². The van der Waals surface area contributed by atoms with Gasteiger partial charge in [0.15, 0.2) is 0 Å². The number of amides is 1. The van der Waals surface area contributed by atoms with E-state index in [0.717, 1.165) is 47.8 Å². The van der Waals surface area contributed by atoms with Crippen LogP contribution in [0.5, 0.6) is 0 Å². The molecule has 5 nitrogen and oxygen atoms in total. The molecule has 2 aromatic rings. The third kappa shape index (κ3) is 2.83. The number of hydrogen-bond acceptors (Lipinski definition) is 3. The second kappa shape index (κ2) is 6.05. The Balaban J connectivity index is 1.47. The van der Waals surface area contributed by atoms with Crippen molar-refractivity contribution >= 4 is 39.1 Å². The zero-order valence-electron chi connectivity index (χ0n) is 15.2. The first-order chi connectivity index (χ1) is 12.9. The lowest BCUT2D eigenvalue weighted by molar-refractivity contribution is -0.150. The van der Waals surface area contributed by atoms with Crippen molar-refractivity contribution in [3.05, 3.63) is 39.8 Å². The molecular weight excluding hydrogens is 428 g/mol. The zero-order chi connectivity index (χ0) is 18.8. The van der Waals surface area contributed by atoms with Gasteiger partial charge in [0, 0.05) is 4.47 Å². The summed E-state index contributed by atoms with van der Waals surface area (Å²) in [6.45, 7) is 2.04. The topological polar surface area (TPSA) is 59.8 Å². The third-order valence-electron chi connectivity index (χ3n) is 6.83. The second-order valence-corrected chi connectivity index (χ2v) is 10.1. The lowest BCUT2D eigenvalue weighted by Crippen LogP contribution is -2.60. The SMILES string of the molecule is Cc1ccc(NC(=O)C23CC4CC(C2)CC(n2cnc(Cl)n2)(C4)C3)c(Br)c1. The maximum atomic E-state index is 13.5. The number of rotatable bonds is 3. The van der Waals surface area contributed by atoms with Crippen molar-refractivity contribution in [1.29, 1.82) is 0 Å². The highest BCUT2D eigenvalue weighted by molar-refractivity contribution is 9.10. The highest BCUT2D eigenvalue weighted by Gasteiger charge is 2.61. The molecule has 142 valence electrons. The van der Waals surface area contributed by atoms with Crippen molar-refractivity contribution in [3.8, 4) is 0 Å². The number of aryl methyl sites for hydroxylation is 1. The minimum atomic E-state index is -0.327. The van der Waals surface area contributed by atoms with Crippen molar-refractivity contribution < 1.29 is 4.79 Å². The molecule has 4 bridgehead atoms. The number of nitrogens with zero attached hydrogens (tertiary/aromatic N) is 3. The maximum absolute atomic E-state index is 13.5. The molecular formula is C20H22BrClN4O. The normalized spacial score (nSPS) is 34.0. The molecule has 2 atom stereocenters. The molecule has 0 aliphatic heterocycles. The lowest BCUT2D eigenvalue weighted by Gasteiger charge is -2.60. The van der Waals surface area contributed by atoms with Crippen LogP contribution in [0.25, 0.3) is 0 Å². The molecule has 1 N–H and O–H groups in total. The van der Waals surface area contributed by atoms with Gasteiger partial charge in [-0.15, -0.1) is 5.10 Å². The van der Waals surface area contributed by atoms with Gasteiger partial charge in [-0.3, -0.25) is 4.79 Å². The summed E-state index contributed by atoms with van der Waals surface area (Å²) in [7, 11) is 0. The molecule has 27 heavy (non-hydrogen) atoms. The van der Waals surface area contributed by atoms with Crippen LogP contribution >= 0.6 is 27.5 Å². The summed E-state index contributed by atoms with van der Waals surface area (Å²) in [4.78, 5) is 17.6. The zero-order valence-corrected chi connectivity index (χ0v) is 17.6. The quantitative estimate of drug-likeness (QED) is 0.722. The van der Waals surface area contributed by atoms with Gasteiger partial charge in [0.05, 0.1) is 16.6 Å². The first kappa shape index (κ1) is 17.7. The number of carbonyl (C=O) groups excluding carboxylic acids is 1. The van der Waals surface area contributed by atoms with E-state index in [9.17, 15) is 4.79 Å². The van der Waals surface area contributed by atoms with Crippen LogP contribution in [0.3, 0.4) is 0 Å². The van der Waals surface area contributed by atoms with Gasteiger partial charge in [-0.1, -0.05) is 6.07 Å². The maximum Gasteiger partial charge on any atom is 0.242 e. The third-order valence-corrected chi connectivity index (χ3v) is 7.66. The van der Waals surface area contributed by atoms with Crippen molar-refractivity contribution in [3.63, 3.8) is 0 Å². The van der Waals surface area contributed by atoms with E-state index in [2.05, 4.69) is 31.3 Å². The Morgan fingerprint density at radius 3 is 2.67 bits per heavy atom. The predicted molar refractivity (Wildman–Crippen MR) is 108 cm³/mol. The molecule has 0 spiro atoms. The van der Waals surface area contributed by atoms with Crippen molar-refractivity contribution in [1.82, 2.24) is 14.8 Å². The number of benzene rings is 1. The summed E-state index contributed by atoms with van der Waals surface area (Å²) < 4.78 is 2.88. The molecule has 4 fully saturated rings. The minimum absolute atomic E-state index is 0.119. The number of halogens is 2. The van der Waals surface area contributed by atoms with Gasteiger partial charge in [-0.25, -0.2) is 9.67 Å². The van der Waals surface area contributed by atoms with E-state index in [1.54, 1.807) is 6.33 Å². The number of nitrogens with one attached hydrogen (secondary N) is 1. The fourth-order valence-electron chi connectivity index (χ4n) is 6.20. The van der Waals surface area contributed by atoms with Crippen LogP contribution in [0.1, 0.15) is 44.1 Å². The fourth-order valence-corrected chi connectivity index (χ4v) is 6.91. The fraction of sp³-hybridized carbons (Fsp3) is 0.550. The van der Waals surface area contributed by atoms with E-state index < -0.39 is 0 Å². The molecule has 0 saturated heterocycles. The Labute approximate surface area is 172 Å². The molecule has 1 aromatic carbocycles. The van der Waals surface area contributed by atoms with Gasteiger partial charge in [0.1, 0.15) is 6.33 Å². The van der Waals surface area contributed by atoms with E-state index in [4.69, 9.17) is 11.6 Å². The largest absolute Gasteiger partial charge is 0.325 e. The molecule has 1 amide bonds. The van der Waals surface area contributed by atoms with Crippen LogP contribution in [-0.2, 0) is 10.3 Å². The van der Waals surface area contributed by atoms with Gasteiger partial charge in [0.25, 0.3) is 0 Å². The summed E-state index contributed by atoms with van der Waals surface area (Å²) in [5.74, 6) is 1.29. The summed E-state index contributed by atoms with van der Waals surface area (Å²) in [6.07, 6.45) is 7.90. The minimum Gasteiger partial charge on any atom is -0.325 e. The summed E-state index contributed by atoms with van der Waals surface area (Å²) in [6, 6.07) is 6.04. The van der Waals surface area contributed by atoms with E-state index in [1.807, 2.05) is 29.8 Å². The van der Waals surface area contributed by atoms with Crippen molar-refractivity contribution in [2.45, 2.75) is 51.0 Å². The first-order valence-corrected chi connectivity index (χ1v) is 10.7. The van der Waals surface area contributed by atoms with Crippen LogP contribution in [-0.4, -0.2) is 20.7 Å². The highest BCUT2D eigenvalue weighted by atomic mass is 79.9. The Morgan fingerprint density at radius 2 is 2.04 bits per heavy atom. The Hall–Kier alpha value is -1.40. The Kier molecular flexibility index (Phi) is 3.96. The number of anilines is 1. The van der Waals surface area contributed by atoms with Crippen LogP contribution < -0.4 is 5.32 Å². The molecule has 7 heteroatoms. The second-order valence-electron chi connectivity index (χ2n) is 8.86. The summed E-state index contributed by atoms with van der Waals surface area (Å²) in [5, 5.41) is 7.93. The molecule has 6 rings (SSSR count). The van der Waals surface area contributed by atoms with Crippen LogP contribution in [0.2, 0.25) is 5.28 Å². The van der Waals surface area contributed by atoms with Crippen LogP contribution in [0.15, 0.2) is 29.0 Å². The van der Waals surface area contributed by atoms with E-state index in [1.165, 1.54) is 6.42 Å². The molecule has 4 saturated carbocycles. The number of aromatic nitrogens is 3. The first-order valence-electron chi connectivity index (χ1n) is 9.53. The molecule has 1 aromatic heterocycles. The van der Waals surface area contributed by atoms with Crippen molar-refractivity contribution in [2.24, 2.45) is 17.3 Å². The van der Waals surface area contributed by atoms with E-state index in [0.29, 0.717) is 11.8 Å². The molecule has 2 unspecified atom stereocenters. The number of hydrogen-bond donors (Lipinski definition) is 1. The van der Waals surface area contributed by atoms with Gasteiger partial charge in [0.2, 0.25) is 11.2 Å². The van der Waals surface area contributed by atoms with Crippen molar-refractivity contribution in [2.75, 3.05) is 5.32 Å². The smallest absolute Gasteiger partial charge is 0.242 e.